The van der Waals surface area contributed by atoms with Gasteiger partial charge in [0.25, 0.3) is 0 Å². The molecule has 0 saturated carbocycles. The predicted molar refractivity (Wildman–Crippen MR) is 74.8 cm³/mol. The maximum absolute atomic E-state index is 8.99. The minimum Gasteiger partial charge on any atom is -0.395 e. The Hall–Kier alpha value is -0.900. The molecule has 0 aliphatic rings. The molecule has 0 atom stereocenters. The number of methoxy groups -OCH3 is 1. The van der Waals surface area contributed by atoms with E-state index < -0.39 is 0 Å². The lowest BCUT2D eigenvalue weighted by Gasteiger charge is -2.20. The molecule has 0 spiro atoms. The van der Waals surface area contributed by atoms with Crippen LogP contribution in [0, 0.1) is 0 Å². The summed E-state index contributed by atoms with van der Waals surface area (Å²) in [6.45, 7) is 3.65. The maximum Gasteiger partial charge on any atom is 0.0589 e. The zero-order valence-electron chi connectivity index (χ0n) is 11.3. The molecule has 0 saturated heterocycles. The monoisotopic (exact) mass is 251 g/mol. The van der Waals surface area contributed by atoms with E-state index in [4.69, 9.17) is 9.84 Å². The van der Waals surface area contributed by atoms with Crippen LogP contribution in [0.5, 0.6) is 0 Å². The highest BCUT2D eigenvalue weighted by Gasteiger charge is 2.03. The van der Waals surface area contributed by atoms with E-state index in [-0.39, 0.29) is 6.61 Å². The summed E-state index contributed by atoms with van der Waals surface area (Å²) >= 11 is 0. The lowest BCUT2D eigenvalue weighted by molar-refractivity contribution is 0.129. The fraction of sp³-hybridized carbons (Fsp3) is 0.600. The number of unbranched alkanes of at least 4 members (excludes halogenated alkanes) is 1. The summed E-state index contributed by atoms with van der Waals surface area (Å²) in [5.41, 5.74) is 1.41. The van der Waals surface area contributed by atoms with Crippen LogP contribution in [0.4, 0.5) is 0 Å². The van der Waals surface area contributed by atoms with Crippen molar-refractivity contribution in [3.63, 3.8) is 0 Å². The molecule has 0 unspecified atom stereocenters. The van der Waals surface area contributed by atoms with E-state index in [9.17, 15) is 0 Å². The molecule has 0 aliphatic carbocycles. The van der Waals surface area contributed by atoms with Gasteiger partial charge in [0.1, 0.15) is 0 Å². The van der Waals surface area contributed by atoms with Gasteiger partial charge in [-0.2, -0.15) is 0 Å². The van der Waals surface area contributed by atoms with Gasteiger partial charge in [0, 0.05) is 20.2 Å². The highest BCUT2D eigenvalue weighted by Crippen LogP contribution is 2.05. The van der Waals surface area contributed by atoms with E-state index in [2.05, 4.69) is 35.2 Å². The molecule has 0 amide bonds. The van der Waals surface area contributed by atoms with Gasteiger partial charge in [0.2, 0.25) is 0 Å². The second-order valence-electron chi connectivity index (χ2n) is 4.50. The Balaban J connectivity index is 2.14. The van der Waals surface area contributed by atoms with Gasteiger partial charge in [-0.25, -0.2) is 0 Å². The number of aryl methyl sites for hydroxylation is 1. The second kappa shape index (κ2) is 10.1. The molecular weight excluding hydrogens is 226 g/mol. The Morgan fingerprint density at radius 2 is 1.83 bits per heavy atom. The fourth-order valence-corrected chi connectivity index (χ4v) is 2.01. The molecule has 1 N–H and O–H groups in total. The summed E-state index contributed by atoms with van der Waals surface area (Å²) in [6.07, 6.45) is 3.50. The van der Waals surface area contributed by atoms with Crippen LogP contribution < -0.4 is 0 Å². The van der Waals surface area contributed by atoms with Crippen molar-refractivity contribution in [2.75, 3.05) is 40.0 Å². The zero-order valence-corrected chi connectivity index (χ0v) is 11.3. The summed E-state index contributed by atoms with van der Waals surface area (Å²) in [5.74, 6) is 0. The van der Waals surface area contributed by atoms with Crippen LogP contribution in [0.1, 0.15) is 18.4 Å². The number of rotatable bonds is 10. The molecule has 0 aromatic heterocycles. The van der Waals surface area contributed by atoms with Crippen molar-refractivity contribution >= 4 is 0 Å². The molecule has 1 aromatic carbocycles. The predicted octanol–water partition coefficient (Wildman–Crippen LogP) is 1.95. The first kappa shape index (κ1) is 15.2. The number of aliphatic hydroxyl groups excluding tert-OH is 1. The van der Waals surface area contributed by atoms with Crippen molar-refractivity contribution in [2.45, 2.75) is 19.3 Å². The van der Waals surface area contributed by atoms with Crippen molar-refractivity contribution in [3.05, 3.63) is 35.9 Å². The molecule has 18 heavy (non-hydrogen) atoms. The third-order valence-corrected chi connectivity index (χ3v) is 3.06. The molecule has 0 heterocycles. The van der Waals surface area contributed by atoms with E-state index in [0.717, 1.165) is 32.7 Å². The van der Waals surface area contributed by atoms with E-state index in [1.807, 2.05) is 0 Å². The molecular formula is C15H25NO2. The summed E-state index contributed by atoms with van der Waals surface area (Å²) in [7, 11) is 1.71. The first-order chi connectivity index (χ1) is 8.86. The lowest BCUT2D eigenvalue weighted by atomic mass is 10.1. The second-order valence-corrected chi connectivity index (χ2v) is 4.50. The maximum atomic E-state index is 8.99. The van der Waals surface area contributed by atoms with E-state index >= 15 is 0 Å². The van der Waals surface area contributed by atoms with Gasteiger partial charge in [0.15, 0.2) is 0 Å². The average Bonchev–Trinajstić information content (AvgIpc) is 2.42. The minimum absolute atomic E-state index is 0.225. The van der Waals surface area contributed by atoms with Crippen LogP contribution in [0.3, 0.4) is 0 Å². The van der Waals surface area contributed by atoms with Crippen molar-refractivity contribution in [3.8, 4) is 0 Å². The molecule has 0 aliphatic heterocycles. The van der Waals surface area contributed by atoms with Gasteiger partial charge in [0.05, 0.1) is 13.2 Å². The first-order valence-electron chi connectivity index (χ1n) is 6.73. The largest absolute Gasteiger partial charge is 0.395 e. The Morgan fingerprint density at radius 1 is 1.06 bits per heavy atom. The summed E-state index contributed by atoms with van der Waals surface area (Å²) in [5, 5.41) is 8.99. The molecule has 1 aromatic rings. The molecule has 0 radical (unpaired) electrons. The van der Waals surface area contributed by atoms with Crippen LogP contribution in [0.25, 0.3) is 0 Å². The van der Waals surface area contributed by atoms with Crippen LogP contribution >= 0.6 is 0 Å². The molecule has 102 valence electrons. The summed E-state index contributed by atoms with van der Waals surface area (Å²) < 4.78 is 5.07. The van der Waals surface area contributed by atoms with E-state index in [0.29, 0.717) is 0 Å². The van der Waals surface area contributed by atoms with E-state index in [1.165, 1.54) is 18.4 Å². The average molecular weight is 251 g/mol. The van der Waals surface area contributed by atoms with Crippen LogP contribution in [0.15, 0.2) is 30.3 Å². The third kappa shape index (κ3) is 6.74. The first-order valence-corrected chi connectivity index (χ1v) is 6.73. The quantitative estimate of drug-likeness (QED) is 0.645. The van der Waals surface area contributed by atoms with Gasteiger partial charge >= 0.3 is 0 Å². The Bertz CT molecular complexity index is 290. The molecule has 3 heteroatoms. The van der Waals surface area contributed by atoms with Gasteiger partial charge in [-0.15, -0.1) is 0 Å². The third-order valence-electron chi connectivity index (χ3n) is 3.06. The number of ether oxygens (including phenoxy) is 1. The topological polar surface area (TPSA) is 32.7 Å². The van der Waals surface area contributed by atoms with Gasteiger partial charge < -0.3 is 9.84 Å². The Labute approximate surface area is 110 Å². The Morgan fingerprint density at radius 3 is 2.50 bits per heavy atom. The lowest BCUT2D eigenvalue weighted by Crippen LogP contribution is -2.31. The summed E-state index contributed by atoms with van der Waals surface area (Å²) in [4.78, 5) is 2.26. The SMILES string of the molecule is COCCN(CCO)CCCCc1ccccc1. The highest BCUT2D eigenvalue weighted by molar-refractivity contribution is 5.14. The number of hydrogen-bond acceptors (Lipinski definition) is 3. The van der Waals surface area contributed by atoms with Crippen molar-refractivity contribution in [1.29, 1.82) is 0 Å². The molecule has 0 fully saturated rings. The van der Waals surface area contributed by atoms with Crippen molar-refractivity contribution in [2.24, 2.45) is 0 Å². The Kier molecular flexibility index (Phi) is 8.47. The number of hydrogen-bond donors (Lipinski definition) is 1. The molecule has 3 nitrogen and oxygen atoms in total. The van der Waals surface area contributed by atoms with Crippen molar-refractivity contribution in [1.82, 2.24) is 4.90 Å². The van der Waals surface area contributed by atoms with Crippen LogP contribution in [-0.4, -0.2) is 50.0 Å². The zero-order chi connectivity index (χ0) is 13.1. The van der Waals surface area contributed by atoms with Gasteiger partial charge in [-0.1, -0.05) is 30.3 Å². The number of benzene rings is 1. The fourth-order valence-electron chi connectivity index (χ4n) is 2.01. The highest BCUT2D eigenvalue weighted by atomic mass is 16.5. The summed E-state index contributed by atoms with van der Waals surface area (Å²) in [6, 6.07) is 10.6. The number of aliphatic hydroxyl groups is 1. The smallest absolute Gasteiger partial charge is 0.0589 e. The van der Waals surface area contributed by atoms with Gasteiger partial charge in [-0.3, -0.25) is 4.90 Å². The van der Waals surface area contributed by atoms with E-state index in [1.54, 1.807) is 7.11 Å². The van der Waals surface area contributed by atoms with Crippen LogP contribution in [0.2, 0.25) is 0 Å². The molecule has 0 bridgehead atoms. The normalized spacial score (nSPS) is 11.1. The van der Waals surface area contributed by atoms with Crippen LogP contribution in [-0.2, 0) is 11.2 Å². The van der Waals surface area contributed by atoms with Gasteiger partial charge in [-0.05, 0) is 31.4 Å². The number of nitrogens with zero attached hydrogens (tertiary/aromatic N) is 1. The standard InChI is InChI=1S/C15H25NO2/c1-18-14-12-16(11-13-17)10-6-5-9-15-7-3-2-4-8-15/h2-4,7-8,17H,5-6,9-14H2,1H3. The molecule has 1 rings (SSSR count). The van der Waals surface area contributed by atoms with Crippen molar-refractivity contribution < 1.29 is 9.84 Å². The minimum atomic E-state index is 0.225.